The van der Waals surface area contributed by atoms with Gasteiger partial charge in [-0.1, -0.05) is 43.6 Å². The van der Waals surface area contributed by atoms with E-state index in [2.05, 4.69) is 24.1 Å². The number of hydrogen-bond acceptors (Lipinski definition) is 5. The minimum absolute atomic E-state index is 0.0142. The lowest BCUT2D eigenvalue weighted by molar-refractivity contribution is 0.102. The molecule has 1 saturated heterocycles. The number of carbonyl (C=O) groups excluding carboxylic acids is 1. The molecule has 12 heteroatoms. The average Bonchev–Trinajstić information content (AvgIpc) is 3.56. The molecule has 1 aliphatic rings. The van der Waals surface area contributed by atoms with Gasteiger partial charge in [-0.3, -0.25) is 18.6 Å². The minimum atomic E-state index is -4.30. The smallest absolute Gasteiger partial charge is 0.296 e. The van der Waals surface area contributed by atoms with Crippen molar-refractivity contribution in [2.45, 2.75) is 44.6 Å². The second-order valence-electron chi connectivity index (χ2n) is 11.3. The number of hydrogen-bond donors (Lipinski definition) is 1. The number of carbonyl (C=O) groups is 1. The number of sulfonamides is 1. The van der Waals surface area contributed by atoms with Gasteiger partial charge in [0.25, 0.3) is 21.5 Å². The quantitative estimate of drug-likeness (QED) is 0.256. The van der Waals surface area contributed by atoms with Crippen molar-refractivity contribution in [1.82, 2.24) is 9.36 Å². The molecule has 1 atom stereocenters. The van der Waals surface area contributed by atoms with Crippen molar-refractivity contribution in [3.8, 4) is 5.69 Å². The Bertz CT molecular complexity index is 1890. The number of aromatic nitrogens is 2. The number of anilines is 3. The van der Waals surface area contributed by atoms with Gasteiger partial charge in [0, 0.05) is 32.4 Å². The van der Waals surface area contributed by atoms with E-state index < -0.39 is 27.3 Å². The summed E-state index contributed by atoms with van der Waals surface area (Å²) < 4.78 is 46.6. The van der Waals surface area contributed by atoms with Gasteiger partial charge in [-0.2, -0.15) is 0 Å². The molecule has 3 aromatic carbocycles. The molecule has 1 aliphatic heterocycles. The van der Waals surface area contributed by atoms with Gasteiger partial charge in [-0.05, 0) is 74.2 Å². The zero-order valence-electron chi connectivity index (χ0n) is 25.2. The van der Waals surface area contributed by atoms with Crippen LogP contribution in [0, 0.1) is 18.7 Å². The van der Waals surface area contributed by atoms with Crippen LogP contribution in [0.2, 0.25) is 5.02 Å². The molecule has 2 heterocycles. The molecule has 0 spiro atoms. The average molecular weight is 640 g/mol. The Hall–Kier alpha value is -4.09. The summed E-state index contributed by atoms with van der Waals surface area (Å²) in [5.74, 6) is -0.791. The second kappa shape index (κ2) is 12.1. The topological polar surface area (TPSA) is 96.7 Å². The van der Waals surface area contributed by atoms with Crippen LogP contribution in [-0.2, 0) is 17.1 Å². The zero-order chi connectivity index (χ0) is 31.9. The largest absolute Gasteiger partial charge is 0.366 e. The second-order valence-corrected chi connectivity index (χ2v) is 13.7. The van der Waals surface area contributed by atoms with Crippen LogP contribution in [0.3, 0.4) is 0 Å². The Morgan fingerprint density at radius 2 is 1.80 bits per heavy atom. The first kappa shape index (κ1) is 31.3. The highest BCUT2D eigenvalue weighted by Gasteiger charge is 2.31. The molecule has 1 unspecified atom stereocenters. The maximum Gasteiger partial charge on any atom is 0.296 e. The van der Waals surface area contributed by atoms with Crippen LogP contribution in [0.5, 0.6) is 0 Å². The van der Waals surface area contributed by atoms with Gasteiger partial charge in [0.05, 0.1) is 32.6 Å². The fourth-order valence-electron chi connectivity index (χ4n) is 5.83. The van der Waals surface area contributed by atoms with E-state index in [-0.39, 0.29) is 32.9 Å². The number of para-hydroxylation sites is 1. The van der Waals surface area contributed by atoms with Crippen molar-refractivity contribution in [3.63, 3.8) is 0 Å². The summed E-state index contributed by atoms with van der Waals surface area (Å²) in [5.41, 5.74) is 1.02. The van der Waals surface area contributed by atoms with Crippen molar-refractivity contribution < 1.29 is 17.6 Å². The van der Waals surface area contributed by atoms with Crippen LogP contribution < -0.4 is 20.1 Å². The van der Waals surface area contributed by atoms with Crippen molar-refractivity contribution in [2.75, 3.05) is 28.1 Å². The molecule has 9 nitrogen and oxygen atoms in total. The number of nitrogens with zero attached hydrogens (tertiary/aromatic N) is 4. The molecule has 1 fully saturated rings. The van der Waals surface area contributed by atoms with Crippen molar-refractivity contribution >= 4 is 44.6 Å². The molecule has 1 amide bonds. The highest BCUT2D eigenvalue weighted by molar-refractivity contribution is 7.92. The fraction of sp³-hybridized carbons (Fsp3) is 0.312. The summed E-state index contributed by atoms with van der Waals surface area (Å²) in [7, 11) is -1.34. The standard InChI is InChI=1S/C32H35ClFN5O4S/c1-20(2)28-12-9-17-38(28)29-16-13-22(18-27(29)34)35-31(40)25-19-24(14-15-26(25)33)44(42,43)37(5)30-21(3)36(4)39(32(30)41)23-10-7-6-8-11-23/h6-8,10-11,13-16,18-20,28H,9,12,17H2,1-5H3,(H,35,40). The first-order chi connectivity index (χ1) is 20.8. The van der Waals surface area contributed by atoms with E-state index >= 15 is 4.39 Å². The van der Waals surface area contributed by atoms with Gasteiger partial charge >= 0.3 is 0 Å². The van der Waals surface area contributed by atoms with E-state index in [9.17, 15) is 18.0 Å². The highest BCUT2D eigenvalue weighted by Crippen LogP contribution is 2.33. The van der Waals surface area contributed by atoms with Crippen LogP contribution in [-0.4, -0.2) is 43.3 Å². The van der Waals surface area contributed by atoms with Crippen LogP contribution in [0.25, 0.3) is 5.69 Å². The molecular weight excluding hydrogens is 605 g/mol. The van der Waals surface area contributed by atoms with Gasteiger partial charge in [-0.15, -0.1) is 0 Å². The third-order valence-corrected chi connectivity index (χ3v) is 10.3. The lowest BCUT2D eigenvalue weighted by atomic mass is 10.0. The summed E-state index contributed by atoms with van der Waals surface area (Å²) >= 11 is 6.33. The number of amides is 1. The number of rotatable bonds is 8. The van der Waals surface area contributed by atoms with E-state index in [4.69, 9.17) is 11.6 Å². The predicted octanol–water partition coefficient (Wildman–Crippen LogP) is 5.98. The monoisotopic (exact) mass is 639 g/mol. The molecule has 1 N–H and O–H groups in total. The lowest BCUT2D eigenvalue weighted by Gasteiger charge is -2.30. The van der Waals surface area contributed by atoms with Crippen LogP contribution in [0.4, 0.5) is 21.5 Å². The number of nitrogens with one attached hydrogen (secondary N) is 1. The van der Waals surface area contributed by atoms with Crippen molar-refractivity contribution in [1.29, 1.82) is 0 Å². The Kier molecular flexibility index (Phi) is 8.64. The molecule has 0 radical (unpaired) electrons. The summed E-state index contributed by atoms with van der Waals surface area (Å²) in [6.07, 6.45) is 1.98. The Morgan fingerprint density at radius 3 is 2.45 bits per heavy atom. The Morgan fingerprint density at radius 1 is 1.09 bits per heavy atom. The lowest BCUT2D eigenvalue weighted by Crippen LogP contribution is -2.33. The van der Waals surface area contributed by atoms with Crippen LogP contribution in [0.15, 0.2) is 76.4 Å². The van der Waals surface area contributed by atoms with E-state index in [1.54, 1.807) is 55.1 Å². The highest BCUT2D eigenvalue weighted by atomic mass is 35.5. The summed E-state index contributed by atoms with van der Waals surface area (Å²) in [5, 5.41) is 2.65. The zero-order valence-corrected chi connectivity index (χ0v) is 26.8. The molecular formula is C32H35ClFN5O4S. The SMILES string of the molecule is Cc1c(N(C)S(=O)(=O)c2ccc(Cl)c(C(=O)Nc3ccc(N4CCCC4C(C)C)c(F)c3)c2)c(=O)n(-c2ccccc2)n1C. The number of halogens is 2. The Labute approximate surface area is 261 Å². The molecule has 0 bridgehead atoms. The number of benzene rings is 3. The van der Waals surface area contributed by atoms with Crippen LogP contribution >= 0.6 is 11.6 Å². The van der Waals surface area contributed by atoms with E-state index in [1.807, 2.05) is 6.07 Å². The third kappa shape index (κ3) is 5.61. The molecule has 1 aromatic heterocycles. The van der Waals surface area contributed by atoms with Crippen LogP contribution in [0.1, 0.15) is 42.7 Å². The normalized spacial score (nSPS) is 15.2. The summed E-state index contributed by atoms with van der Waals surface area (Å²) in [6.45, 7) is 6.65. The van der Waals surface area contributed by atoms with Gasteiger partial charge in [0.1, 0.15) is 11.5 Å². The first-order valence-electron chi connectivity index (χ1n) is 14.3. The summed E-state index contributed by atoms with van der Waals surface area (Å²) in [4.78, 5) is 28.6. The molecule has 0 aliphatic carbocycles. The third-order valence-electron chi connectivity index (χ3n) is 8.26. The molecule has 0 saturated carbocycles. The van der Waals surface area contributed by atoms with Gasteiger partial charge in [0.2, 0.25) is 0 Å². The maximum absolute atomic E-state index is 15.2. The molecule has 4 aromatic rings. The summed E-state index contributed by atoms with van der Waals surface area (Å²) in [6, 6.07) is 17.4. The van der Waals surface area contributed by atoms with Gasteiger partial charge < -0.3 is 10.2 Å². The van der Waals surface area contributed by atoms with E-state index in [1.165, 1.54) is 29.9 Å². The van der Waals surface area contributed by atoms with E-state index in [0.29, 0.717) is 23.0 Å². The van der Waals surface area contributed by atoms with Gasteiger partial charge in [0.15, 0.2) is 0 Å². The molecule has 5 rings (SSSR count). The first-order valence-corrected chi connectivity index (χ1v) is 16.1. The predicted molar refractivity (Wildman–Crippen MR) is 172 cm³/mol. The molecule has 44 heavy (non-hydrogen) atoms. The van der Waals surface area contributed by atoms with Gasteiger partial charge in [-0.25, -0.2) is 17.5 Å². The maximum atomic E-state index is 15.2. The van der Waals surface area contributed by atoms with Crippen molar-refractivity contribution in [2.24, 2.45) is 13.0 Å². The minimum Gasteiger partial charge on any atom is -0.366 e. The fourth-order valence-corrected chi connectivity index (χ4v) is 7.31. The van der Waals surface area contributed by atoms with Crippen molar-refractivity contribution in [3.05, 3.63) is 99.2 Å². The van der Waals surface area contributed by atoms with E-state index in [0.717, 1.165) is 29.8 Å². The molecule has 232 valence electrons. The Balaban J connectivity index is 1.42.